The summed E-state index contributed by atoms with van der Waals surface area (Å²) < 4.78 is 24.8. The van der Waals surface area contributed by atoms with E-state index < -0.39 is 16.2 Å². The number of halogens is 1. The molecule has 0 rings (SSSR count). The van der Waals surface area contributed by atoms with Crippen LogP contribution in [0.3, 0.4) is 0 Å². The lowest BCUT2D eigenvalue weighted by molar-refractivity contribution is 0.163. The summed E-state index contributed by atoms with van der Waals surface area (Å²) in [6.45, 7) is 2.69. The Kier molecular flexibility index (Phi) is 15.1. The van der Waals surface area contributed by atoms with E-state index in [2.05, 4.69) is 6.58 Å². The third-order valence-corrected chi connectivity index (χ3v) is 1.84. The Morgan fingerprint density at radius 3 is 1.55 bits per heavy atom. The van der Waals surface area contributed by atoms with Crippen LogP contribution in [0.1, 0.15) is 0 Å². The second-order valence-electron chi connectivity index (χ2n) is 1.44. The van der Waals surface area contributed by atoms with E-state index in [1.165, 1.54) is 6.08 Å². The first-order valence-corrected chi connectivity index (χ1v) is 4.43. The van der Waals surface area contributed by atoms with Gasteiger partial charge in [-0.2, -0.15) is 0 Å². The highest BCUT2D eigenvalue weighted by molar-refractivity contribution is 6.36. The fourth-order valence-corrected chi connectivity index (χ4v) is 0.866. The van der Waals surface area contributed by atoms with Gasteiger partial charge in [-0.3, -0.25) is 0 Å². The number of alkyl halides is 1. The van der Waals surface area contributed by atoms with Gasteiger partial charge in [0.25, 0.3) is 0 Å². The molecule has 68 valence electrons. The lowest BCUT2D eigenvalue weighted by Gasteiger charge is -2.05. The van der Waals surface area contributed by atoms with E-state index in [0.29, 0.717) is 0 Å². The van der Waals surface area contributed by atoms with Crippen molar-refractivity contribution in [2.45, 2.75) is 0 Å². The van der Waals surface area contributed by atoms with Crippen molar-refractivity contribution in [3.63, 3.8) is 0 Å². The van der Waals surface area contributed by atoms with E-state index in [4.69, 9.17) is 13.3 Å². The van der Waals surface area contributed by atoms with Gasteiger partial charge in [0, 0.05) is 21.3 Å². The first-order valence-electron chi connectivity index (χ1n) is 3.02. The molecule has 0 amide bonds. The maximum Gasteiger partial charge on any atom is 0.483 e. The summed E-state index contributed by atoms with van der Waals surface area (Å²) in [7, 11) is 3.05. The molecule has 0 bridgehead atoms. The van der Waals surface area contributed by atoms with Gasteiger partial charge in [0.05, 0.1) is 0 Å². The van der Waals surface area contributed by atoms with Crippen LogP contribution in [0.25, 0.3) is 0 Å². The fraction of sp³-hybridized carbons (Fsp3) is 0.667. The highest BCUT2D eigenvalue weighted by Gasteiger charge is 2.04. The first-order chi connectivity index (χ1) is 5.26. The minimum Gasteiger partial charge on any atom is -0.379 e. The van der Waals surface area contributed by atoms with Crippen LogP contribution in [0, 0.1) is 0 Å². The Morgan fingerprint density at radius 2 is 1.55 bits per heavy atom. The van der Waals surface area contributed by atoms with Gasteiger partial charge >= 0.3 is 9.53 Å². The van der Waals surface area contributed by atoms with Gasteiger partial charge in [0.15, 0.2) is 0 Å². The molecule has 0 heterocycles. The molecule has 0 radical (unpaired) electrons. The van der Waals surface area contributed by atoms with Crippen LogP contribution in [0.5, 0.6) is 0 Å². The van der Waals surface area contributed by atoms with Gasteiger partial charge in [-0.1, -0.05) is 6.08 Å². The molecule has 0 aliphatic carbocycles. The molecule has 0 aromatic heterocycles. The summed E-state index contributed by atoms with van der Waals surface area (Å²) in [5.74, 6) is 0. The van der Waals surface area contributed by atoms with Gasteiger partial charge in [-0.15, -0.1) is 6.58 Å². The van der Waals surface area contributed by atoms with E-state index >= 15 is 0 Å². The molecule has 11 heavy (non-hydrogen) atoms. The van der Waals surface area contributed by atoms with Crippen LogP contribution in [0.2, 0.25) is 0 Å². The minimum atomic E-state index is -1.67. The molecule has 0 saturated heterocycles. The van der Waals surface area contributed by atoms with Crippen molar-refractivity contribution in [2.75, 3.05) is 28.0 Å². The molecule has 0 aromatic rings. The summed E-state index contributed by atoms with van der Waals surface area (Å²) in [6.07, 6.45) is 1.21. The molecule has 5 heteroatoms. The quantitative estimate of drug-likeness (QED) is 0.475. The first kappa shape index (κ1) is 13.4. The van der Waals surface area contributed by atoms with Crippen LogP contribution >= 0.6 is 0 Å². The number of rotatable bonds is 4. The lowest BCUT2D eigenvalue weighted by atomic mass is 10.7. The zero-order chi connectivity index (χ0) is 9.11. The van der Waals surface area contributed by atoms with Crippen LogP contribution in [0.4, 0.5) is 4.39 Å². The highest BCUT2D eigenvalue weighted by atomic mass is 28.3. The summed E-state index contributed by atoms with van der Waals surface area (Å²) in [6, 6.07) is 0. The molecular formula is C6H15FO3Si. The largest absolute Gasteiger partial charge is 0.483 e. The highest BCUT2D eigenvalue weighted by Crippen LogP contribution is 1.81. The number of hydrogen-bond acceptors (Lipinski definition) is 3. The molecule has 0 atom stereocenters. The maximum absolute atomic E-state index is 10.6. The Labute approximate surface area is 68.7 Å². The smallest absolute Gasteiger partial charge is 0.379 e. The third-order valence-electron chi connectivity index (χ3n) is 0.686. The minimum absolute atomic E-state index is 0.417. The Hall–Kier alpha value is -0.233. The molecule has 0 aliphatic rings. The average molecular weight is 182 g/mol. The standard InChI is InChI=1S/C3H5F.C3H10O3Si/c1-2-3-4;1-4-7(5-2)6-3/h2H,1,3H2;7H,1-3H3. The molecular weight excluding hydrogens is 167 g/mol. The van der Waals surface area contributed by atoms with Crippen LogP contribution < -0.4 is 0 Å². The predicted octanol–water partition coefficient (Wildman–Crippen LogP) is 0.785. The molecule has 0 N–H and O–H groups in total. The number of hydrogen-bond donors (Lipinski definition) is 0. The van der Waals surface area contributed by atoms with Crippen molar-refractivity contribution >= 4 is 9.53 Å². The Balaban J connectivity index is 0. The average Bonchev–Trinajstić information content (AvgIpc) is 2.08. The fourth-order valence-electron chi connectivity index (χ4n) is 0.289. The van der Waals surface area contributed by atoms with Gasteiger partial charge < -0.3 is 13.3 Å². The summed E-state index contributed by atoms with van der Waals surface area (Å²) in [5.41, 5.74) is 0. The van der Waals surface area contributed by atoms with Crippen molar-refractivity contribution in [1.82, 2.24) is 0 Å². The van der Waals surface area contributed by atoms with Crippen molar-refractivity contribution < 1.29 is 17.7 Å². The van der Waals surface area contributed by atoms with Gasteiger partial charge in [0.1, 0.15) is 6.67 Å². The van der Waals surface area contributed by atoms with Gasteiger partial charge in [0.2, 0.25) is 0 Å². The number of allylic oxidation sites excluding steroid dienone is 1. The van der Waals surface area contributed by atoms with E-state index in [1.807, 2.05) is 0 Å². The summed E-state index contributed by atoms with van der Waals surface area (Å²) in [4.78, 5) is 0. The second-order valence-corrected chi connectivity index (χ2v) is 3.43. The van der Waals surface area contributed by atoms with Crippen molar-refractivity contribution in [3.05, 3.63) is 12.7 Å². The van der Waals surface area contributed by atoms with Crippen LogP contribution in [-0.2, 0) is 13.3 Å². The molecule has 0 aliphatic heterocycles. The topological polar surface area (TPSA) is 27.7 Å². The lowest BCUT2D eigenvalue weighted by Crippen LogP contribution is -2.21. The van der Waals surface area contributed by atoms with Crippen molar-refractivity contribution in [3.8, 4) is 0 Å². The molecule has 0 saturated carbocycles. The van der Waals surface area contributed by atoms with Gasteiger partial charge in [-0.25, -0.2) is 4.39 Å². The molecule has 0 spiro atoms. The van der Waals surface area contributed by atoms with Crippen molar-refractivity contribution in [1.29, 1.82) is 0 Å². The zero-order valence-electron chi connectivity index (χ0n) is 7.17. The second kappa shape index (κ2) is 12.4. The Bertz CT molecular complexity index is 72.7. The molecule has 0 unspecified atom stereocenters. The molecule has 0 aromatic carbocycles. The Morgan fingerprint density at radius 1 is 1.27 bits per heavy atom. The predicted molar refractivity (Wildman–Crippen MR) is 44.3 cm³/mol. The monoisotopic (exact) mass is 182 g/mol. The molecule has 0 fully saturated rings. The van der Waals surface area contributed by atoms with Crippen LogP contribution in [-0.4, -0.2) is 37.5 Å². The van der Waals surface area contributed by atoms with Crippen molar-refractivity contribution in [2.24, 2.45) is 0 Å². The summed E-state index contributed by atoms with van der Waals surface area (Å²) in [5, 5.41) is 0. The normalized spacial score (nSPS) is 8.82. The zero-order valence-corrected chi connectivity index (χ0v) is 8.33. The van der Waals surface area contributed by atoms with E-state index in [0.717, 1.165) is 0 Å². The molecule has 3 nitrogen and oxygen atoms in total. The van der Waals surface area contributed by atoms with E-state index in [1.54, 1.807) is 21.3 Å². The third kappa shape index (κ3) is 12.9. The van der Waals surface area contributed by atoms with E-state index in [-0.39, 0.29) is 0 Å². The summed E-state index contributed by atoms with van der Waals surface area (Å²) >= 11 is 0. The maximum atomic E-state index is 10.6. The van der Waals surface area contributed by atoms with Crippen LogP contribution in [0.15, 0.2) is 12.7 Å². The van der Waals surface area contributed by atoms with E-state index in [9.17, 15) is 4.39 Å². The SMILES string of the molecule is C=CCF.CO[SiH](OC)OC. The van der Waals surface area contributed by atoms with Gasteiger partial charge in [-0.05, 0) is 0 Å².